The molecule has 20 heavy (non-hydrogen) atoms. The number of primary amides is 1. The zero-order valence-corrected chi connectivity index (χ0v) is 11.6. The fourth-order valence-corrected chi connectivity index (χ4v) is 2.73. The van der Waals surface area contributed by atoms with Gasteiger partial charge in [-0.1, -0.05) is 0 Å². The molecule has 5 heteroatoms. The first-order chi connectivity index (χ1) is 9.47. The van der Waals surface area contributed by atoms with Crippen LogP contribution in [0.1, 0.15) is 36.5 Å². The number of rotatable bonds is 4. The lowest BCUT2D eigenvalue weighted by Crippen LogP contribution is -2.35. The molecule has 1 aromatic rings. The van der Waals surface area contributed by atoms with Gasteiger partial charge in [0.05, 0.1) is 0 Å². The number of carbonyl (C=O) groups excluding carboxylic acids is 2. The maximum Gasteiger partial charge on any atom is 0.217 e. The van der Waals surface area contributed by atoms with E-state index in [9.17, 15) is 14.0 Å². The number of nitrogens with zero attached hydrogens (tertiary/aromatic N) is 1. The van der Waals surface area contributed by atoms with Crippen LogP contribution in [0.5, 0.6) is 0 Å². The minimum atomic E-state index is -0.400. The first kappa shape index (κ1) is 14.5. The summed E-state index contributed by atoms with van der Waals surface area (Å²) in [5.74, 6) is -0.499. The van der Waals surface area contributed by atoms with Gasteiger partial charge in [0.25, 0.3) is 0 Å². The molecule has 1 saturated heterocycles. The third-order valence-corrected chi connectivity index (χ3v) is 3.78. The molecule has 0 saturated carbocycles. The van der Waals surface area contributed by atoms with Crippen molar-refractivity contribution in [3.8, 4) is 0 Å². The molecular weight excluding hydrogens is 259 g/mol. The van der Waals surface area contributed by atoms with Crippen molar-refractivity contribution in [2.24, 2.45) is 11.7 Å². The molecule has 4 nitrogen and oxygen atoms in total. The monoisotopic (exact) mass is 278 g/mol. The molecule has 0 aromatic heterocycles. The van der Waals surface area contributed by atoms with E-state index in [4.69, 9.17) is 5.73 Å². The molecular formula is C15H19FN2O2. The van der Waals surface area contributed by atoms with Crippen molar-refractivity contribution in [1.29, 1.82) is 0 Å². The minimum absolute atomic E-state index is 0.140. The van der Waals surface area contributed by atoms with Gasteiger partial charge in [-0.05, 0) is 43.9 Å². The van der Waals surface area contributed by atoms with Crippen molar-refractivity contribution < 1.29 is 14.0 Å². The van der Waals surface area contributed by atoms with Crippen LogP contribution in [0.15, 0.2) is 18.2 Å². The Hall–Kier alpha value is -1.91. The zero-order chi connectivity index (χ0) is 14.7. The molecule has 0 atom stereocenters. The summed E-state index contributed by atoms with van der Waals surface area (Å²) in [5.41, 5.74) is 6.40. The highest BCUT2D eigenvalue weighted by molar-refractivity contribution is 5.99. The quantitative estimate of drug-likeness (QED) is 0.858. The highest BCUT2D eigenvalue weighted by Gasteiger charge is 2.23. The SMILES string of the molecule is CC(=O)c1cc(F)ccc1N1CCC(CC(N)=O)CC1. The number of ketones is 1. The number of anilines is 1. The second-order valence-electron chi connectivity index (χ2n) is 5.32. The van der Waals surface area contributed by atoms with Gasteiger partial charge in [-0.15, -0.1) is 0 Å². The van der Waals surface area contributed by atoms with Crippen LogP contribution in [0.25, 0.3) is 0 Å². The fourth-order valence-electron chi connectivity index (χ4n) is 2.73. The standard InChI is InChI=1S/C15H19FN2O2/c1-10(19)13-9-12(16)2-3-14(13)18-6-4-11(5-7-18)8-15(17)20/h2-3,9,11H,4-8H2,1H3,(H2,17,20). The smallest absolute Gasteiger partial charge is 0.217 e. The maximum absolute atomic E-state index is 13.3. The summed E-state index contributed by atoms with van der Waals surface area (Å²) in [4.78, 5) is 24.6. The van der Waals surface area contributed by atoms with Gasteiger partial charge in [0.2, 0.25) is 5.91 Å². The second-order valence-corrected chi connectivity index (χ2v) is 5.32. The number of hydrogen-bond donors (Lipinski definition) is 1. The van der Waals surface area contributed by atoms with Crippen LogP contribution < -0.4 is 10.6 Å². The summed E-state index contributed by atoms with van der Waals surface area (Å²) in [7, 11) is 0. The van der Waals surface area contributed by atoms with E-state index in [1.54, 1.807) is 6.07 Å². The third kappa shape index (κ3) is 3.35. The molecule has 1 aromatic carbocycles. The van der Waals surface area contributed by atoms with Crippen LogP contribution in [-0.4, -0.2) is 24.8 Å². The van der Waals surface area contributed by atoms with Crippen LogP contribution in [-0.2, 0) is 4.79 Å². The van der Waals surface area contributed by atoms with E-state index >= 15 is 0 Å². The Labute approximate surface area is 117 Å². The van der Waals surface area contributed by atoms with Gasteiger partial charge in [0.1, 0.15) is 5.82 Å². The van der Waals surface area contributed by atoms with Crippen molar-refractivity contribution in [3.05, 3.63) is 29.6 Å². The first-order valence-electron chi connectivity index (χ1n) is 6.81. The van der Waals surface area contributed by atoms with Crippen LogP contribution >= 0.6 is 0 Å². The van der Waals surface area contributed by atoms with E-state index in [1.165, 1.54) is 19.1 Å². The van der Waals surface area contributed by atoms with Gasteiger partial charge < -0.3 is 10.6 Å². The molecule has 2 rings (SSSR count). The lowest BCUT2D eigenvalue weighted by atomic mass is 9.92. The molecule has 1 heterocycles. The normalized spacial score (nSPS) is 16.2. The van der Waals surface area contributed by atoms with Gasteiger partial charge in [-0.2, -0.15) is 0 Å². The molecule has 0 radical (unpaired) electrons. The Morgan fingerprint density at radius 3 is 2.55 bits per heavy atom. The second kappa shape index (κ2) is 6.03. The molecule has 0 bridgehead atoms. The fraction of sp³-hybridized carbons (Fsp3) is 0.467. The Kier molecular flexibility index (Phi) is 4.37. The number of carbonyl (C=O) groups is 2. The number of Topliss-reactive ketones (excluding diaryl/α,β-unsaturated/α-hetero) is 1. The van der Waals surface area contributed by atoms with E-state index in [2.05, 4.69) is 4.90 Å². The zero-order valence-electron chi connectivity index (χ0n) is 11.6. The minimum Gasteiger partial charge on any atom is -0.371 e. The Morgan fingerprint density at radius 1 is 1.35 bits per heavy atom. The Morgan fingerprint density at radius 2 is 2.00 bits per heavy atom. The summed E-state index contributed by atoms with van der Waals surface area (Å²) in [6.07, 6.45) is 2.13. The lowest BCUT2D eigenvalue weighted by molar-refractivity contribution is -0.119. The predicted molar refractivity (Wildman–Crippen MR) is 75.2 cm³/mol. The van der Waals surface area contributed by atoms with Gasteiger partial charge >= 0.3 is 0 Å². The molecule has 0 aliphatic carbocycles. The van der Waals surface area contributed by atoms with Crippen molar-refractivity contribution in [3.63, 3.8) is 0 Å². The average Bonchev–Trinajstić information content (AvgIpc) is 2.39. The highest BCUT2D eigenvalue weighted by atomic mass is 19.1. The number of nitrogens with two attached hydrogens (primary N) is 1. The van der Waals surface area contributed by atoms with E-state index in [-0.39, 0.29) is 11.7 Å². The summed E-state index contributed by atoms with van der Waals surface area (Å²) < 4.78 is 13.3. The number of amides is 1. The van der Waals surface area contributed by atoms with Crippen molar-refractivity contribution in [2.45, 2.75) is 26.2 Å². The van der Waals surface area contributed by atoms with E-state index in [1.807, 2.05) is 0 Å². The van der Waals surface area contributed by atoms with Crippen molar-refractivity contribution in [2.75, 3.05) is 18.0 Å². The molecule has 1 fully saturated rings. The number of halogens is 1. The Bertz CT molecular complexity index is 523. The van der Waals surface area contributed by atoms with E-state index < -0.39 is 5.82 Å². The molecule has 108 valence electrons. The predicted octanol–water partition coefficient (Wildman–Crippen LogP) is 2.12. The van der Waals surface area contributed by atoms with Crippen molar-refractivity contribution >= 4 is 17.4 Å². The molecule has 1 aliphatic heterocycles. The number of benzene rings is 1. The molecule has 2 N–H and O–H groups in total. The lowest BCUT2D eigenvalue weighted by Gasteiger charge is -2.34. The molecule has 0 spiro atoms. The van der Waals surface area contributed by atoms with Gasteiger partial charge in [0, 0.05) is 30.8 Å². The first-order valence-corrected chi connectivity index (χ1v) is 6.81. The van der Waals surface area contributed by atoms with E-state index in [0.717, 1.165) is 31.6 Å². The van der Waals surface area contributed by atoms with Gasteiger partial charge in [-0.3, -0.25) is 9.59 Å². The Balaban J connectivity index is 2.11. The van der Waals surface area contributed by atoms with Crippen LogP contribution in [0.2, 0.25) is 0 Å². The summed E-state index contributed by atoms with van der Waals surface area (Å²) in [6.45, 7) is 2.95. The van der Waals surface area contributed by atoms with Gasteiger partial charge in [-0.25, -0.2) is 4.39 Å². The molecule has 0 unspecified atom stereocenters. The molecule has 1 amide bonds. The van der Waals surface area contributed by atoms with Crippen LogP contribution in [0.3, 0.4) is 0 Å². The van der Waals surface area contributed by atoms with Crippen LogP contribution in [0.4, 0.5) is 10.1 Å². The summed E-state index contributed by atoms with van der Waals surface area (Å²) >= 11 is 0. The van der Waals surface area contributed by atoms with Crippen LogP contribution in [0, 0.1) is 11.7 Å². The van der Waals surface area contributed by atoms with Crippen molar-refractivity contribution in [1.82, 2.24) is 0 Å². The average molecular weight is 278 g/mol. The topological polar surface area (TPSA) is 63.4 Å². The number of piperidine rings is 1. The largest absolute Gasteiger partial charge is 0.371 e. The number of hydrogen-bond acceptors (Lipinski definition) is 3. The maximum atomic E-state index is 13.3. The molecule has 1 aliphatic rings. The van der Waals surface area contributed by atoms with E-state index in [0.29, 0.717) is 17.9 Å². The van der Waals surface area contributed by atoms with Gasteiger partial charge in [0.15, 0.2) is 5.78 Å². The summed E-state index contributed by atoms with van der Waals surface area (Å²) in [6, 6.07) is 4.31. The third-order valence-electron chi connectivity index (χ3n) is 3.78. The highest BCUT2D eigenvalue weighted by Crippen LogP contribution is 2.28. The summed E-state index contributed by atoms with van der Waals surface area (Å²) in [5, 5.41) is 0.